The summed E-state index contributed by atoms with van der Waals surface area (Å²) in [6, 6.07) is 13.9. The van der Waals surface area contributed by atoms with E-state index >= 15 is 0 Å². The van der Waals surface area contributed by atoms with Gasteiger partial charge in [-0.05, 0) is 72.5 Å². The van der Waals surface area contributed by atoms with Crippen LogP contribution in [0.2, 0.25) is 0 Å². The van der Waals surface area contributed by atoms with Gasteiger partial charge in [0.2, 0.25) is 0 Å². The summed E-state index contributed by atoms with van der Waals surface area (Å²) in [7, 11) is -4.15. The molecular formula is C23H16F4N2O3S2. The van der Waals surface area contributed by atoms with E-state index in [4.69, 9.17) is 0 Å². The number of amides is 1. The van der Waals surface area contributed by atoms with Gasteiger partial charge in [0, 0.05) is 16.1 Å². The zero-order chi connectivity index (χ0) is 24.7. The highest BCUT2D eigenvalue weighted by atomic mass is 32.2. The molecule has 0 unspecified atom stereocenters. The average molecular weight is 509 g/mol. The third-order valence-electron chi connectivity index (χ3n) is 4.99. The van der Waals surface area contributed by atoms with Crippen LogP contribution in [0.25, 0.3) is 10.1 Å². The van der Waals surface area contributed by atoms with E-state index in [0.29, 0.717) is 21.3 Å². The van der Waals surface area contributed by atoms with Gasteiger partial charge in [0.15, 0.2) is 0 Å². The molecule has 0 saturated heterocycles. The second-order valence-electron chi connectivity index (χ2n) is 7.33. The van der Waals surface area contributed by atoms with Crippen LogP contribution in [0.3, 0.4) is 0 Å². The standard InChI is InChI=1S/C23H16F4N2O3S2/c1-13-17-12-14(23(25,26)27)6-11-19(17)33-21(13)22(30)28-15-7-9-16(10-8-15)29-34(31,32)20-5-3-2-4-18(20)24/h2-12,29H,1H3,(H,28,30). The SMILES string of the molecule is Cc1c(C(=O)Nc2ccc(NS(=O)(=O)c3ccccc3F)cc2)sc2ccc(C(F)(F)F)cc12. The third-order valence-corrected chi connectivity index (χ3v) is 7.68. The van der Waals surface area contributed by atoms with Crippen LogP contribution in [-0.2, 0) is 16.2 Å². The lowest BCUT2D eigenvalue weighted by Gasteiger charge is -2.10. The molecule has 0 spiro atoms. The van der Waals surface area contributed by atoms with Crippen LogP contribution in [0.15, 0.2) is 71.6 Å². The van der Waals surface area contributed by atoms with Gasteiger partial charge in [-0.25, -0.2) is 12.8 Å². The number of fused-ring (bicyclic) bond motifs is 1. The highest BCUT2D eigenvalue weighted by Gasteiger charge is 2.31. The lowest BCUT2D eigenvalue weighted by molar-refractivity contribution is -0.137. The van der Waals surface area contributed by atoms with Crippen molar-refractivity contribution in [2.24, 2.45) is 0 Å². The van der Waals surface area contributed by atoms with Crippen molar-refractivity contribution in [2.45, 2.75) is 18.0 Å². The lowest BCUT2D eigenvalue weighted by Crippen LogP contribution is -2.15. The monoisotopic (exact) mass is 508 g/mol. The largest absolute Gasteiger partial charge is 0.416 e. The summed E-state index contributed by atoms with van der Waals surface area (Å²) >= 11 is 1.07. The first-order valence-electron chi connectivity index (χ1n) is 9.75. The molecule has 0 atom stereocenters. The van der Waals surface area contributed by atoms with Crippen LogP contribution in [0, 0.1) is 12.7 Å². The Morgan fingerprint density at radius 2 is 1.59 bits per heavy atom. The fourth-order valence-corrected chi connectivity index (χ4v) is 5.52. The molecule has 1 amide bonds. The second-order valence-corrected chi connectivity index (χ2v) is 10.0. The van der Waals surface area contributed by atoms with E-state index in [2.05, 4.69) is 10.0 Å². The van der Waals surface area contributed by atoms with Crippen LogP contribution >= 0.6 is 11.3 Å². The third kappa shape index (κ3) is 4.75. The van der Waals surface area contributed by atoms with Crippen LogP contribution in [0.4, 0.5) is 28.9 Å². The van der Waals surface area contributed by atoms with Gasteiger partial charge in [0.05, 0.1) is 10.4 Å². The summed E-state index contributed by atoms with van der Waals surface area (Å²) in [5.41, 5.74) is 0.129. The summed E-state index contributed by atoms with van der Waals surface area (Å²) in [5, 5.41) is 3.00. The van der Waals surface area contributed by atoms with Crippen molar-refractivity contribution in [1.29, 1.82) is 0 Å². The Morgan fingerprint density at radius 1 is 0.941 bits per heavy atom. The zero-order valence-electron chi connectivity index (χ0n) is 17.4. The fourth-order valence-electron chi connectivity index (χ4n) is 3.30. The molecular weight excluding hydrogens is 492 g/mol. The molecule has 1 aromatic heterocycles. The maximum absolute atomic E-state index is 13.8. The average Bonchev–Trinajstić information content (AvgIpc) is 3.10. The van der Waals surface area contributed by atoms with Gasteiger partial charge in [-0.1, -0.05) is 12.1 Å². The number of hydrogen-bond donors (Lipinski definition) is 2. The first-order chi connectivity index (χ1) is 16.0. The minimum Gasteiger partial charge on any atom is -0.321 e. The van der Waals surface area contributed by atoms with E-state index in [1.54, 1.807) is 6.92 Å². The van der Waals surface area contributed by atoms with Crippen molar-refractivity contribution in [3.05, 3.63) is 88.6 Å². The number of carbonyl (C=O) groups excluding carboxylic acids is 1. The van der Waals surface area contributed by atoms with E-state index in [1.165, 1.54) is 42.5 Å². The molecule has 2 N–H and O–H groups in total. The second kappa shape index (κ2) is 8.73. The normalized spacial score (nSPS) is 12.0. The lowest BCUT2D eigenvalue weighted by atomic mass is 10.1. The van der Waals surface area contributed by atoms with E-state index in [9.17, 15) is 30.8 Å². The molecule has 0 aliphatic carbocycles. The first-order valence-corrected chi connectivity index (χ1v) is 12.0. The van der Waals surface area contributed by atoms with Gasteiger partial charge in [0.1, 0.15) is 10.7 Å². The first kappa shape index (κ1) is 23.7. The Balaban J connectivity index is 1.52. The van der Waals surface area contributed by atoms with Crippen molar-refractivity contribution >= 4 is 48.7 Å². The molecule has 4 rings (SSSR count). The van der Waals surface area contributed by atoms with Crippen molar-refractivity contribution in [3.63, 3.8) is 0 Å². The van der Waals surface area contributed by atoms with Gasteiger partial charge in [-0.2, -0.15) is 13.2 Å². The molecule has 5 nitrogen and oxygen atoms in total. The van der Waals surface area contributed by atoms with Gasteiger partial charge < -0.3 is 5.32 Å². The zero-order valence-corrected chi connectivity index (χ0v) is 19.0. The maximum atomic E-state index is 13.8. The number of aryl methyl sites for hydroxylation is 1. The predicted octanol–water partition coefficient (Wildman–Crippen LogP) is 6.42. The van der Waals surface area contributed by atoms with Gasteiger partial charge in [-0.3, -0.25) is 9.52 Å². The molecule has 0 radical (unpaired) electrons. The summed E-state index contributed by atoms with van der Waals surface area (Å²) in [6.07, 6.45) is -4.49. The van der Waals surface area contributed by atoms with E-state index in [1.807, 2.05) is 0 Å². The van der Waals surface area contributed by atoms with Crippen LogP contribution in [0.5, 0.6) is 0 Å². The highest BCUT2D eigenvalue weighted by Crippen LogP contribution is 2.37. The molecule has 3 aromatic carbocycles. The quantitative estimate of drug-likeness (QED) is 0.306. The number of anilines is 2. The predicted molar refractivity (Wildman–Crippen MR) is 123 cm³/mol. The van der Waals surface area contributed by atoms with E-state index in [-0.39, 0.29) is 10.6 Å². The molecule has 4 aromatic rings. The molecule has 34 heavy (non-hydrogen) atoms. The Kier molecular flexibility index (Phi) is 6.09. The van der Waals surface area contributed by atoms with Gasteiger partial charge >= 0.3 is 6.18 Å². The highest BCUT2D eigenvalue weighted by molar-refractivity contribution is 7.92. The molecule has 0 aliphatic heterocycles. The summed E-state index contributed by atoms with van der Waals surface area (Å²) in [4.78, 5) is 12.5. The topological polar surface area (TPSA) is 75.3 Å². The van der Waals surface area contributed by atoms with Crippen LogP contribution in [0.1, 0.15) is 20.8 Å². The van der Waals surface area contributed by atoms with Crippen LogP contribution in [-0.4, -0.2) is 14.3 Å². The number of nitrogens with one attached hydrogen (secondary N) is 2. The number of rotatable bonds is 5. The number of carbonyl (C=O) groups is 1. The minimum absolute atomic E-state index is 0.152. The molecule has 11 heteroatoms. The number of alkyl halides is 3. The fraction of sp³-hybridized carbons (Fsp3) is 0.0870. The van der Waals surface area contributed by atoms with Crippen LogP contribution < -0.4 is 10.0 Å². The number of sulfonamides is 1. The van der Waals surface area contributed by atoms with E-state index < -0.39 is 38.4 Å². The summed E-state index contributed by atoms with van der Waals surface area (Å²) < 4.78 is 80.5. The smallest absolute Gasteiger partial charge is 0.321 e. The summed E-state index contributed by atoms with van der Waals surface area (Å²) in [5.74, 6) is -1.40. The molecule has 0 saturated carbocycles. The molecule has 0 bridgehead atoms. The van der Waals surface area contributed by atoms with Crippen molar-refractivity contribution in [2.75, 3.05) is 10.0 Å². The van der Waals surface area contributed by atoms with Gasteiger partial charge in [0.25, 0.3) is 15.9 Å². The van der Waals surface area contributed by atoms with Crippen molar-refractivity contribution < 1.29 is 30.8 Å². The number of halogens is 4. The Morgan fingerprint density at radius 3 is 2.24 bits per heavy atom. The van der Waals surface area contributed by atoms with Gasteiger partial charge in [-0.15, -0.1) is 11.3 Å². The molecule has 176 valence electrons. The van der Waals surface area contributed by atoms with E-state index in [0.717, 1.165) is 35.6 Å². The number of thiophene rings is 1. The van der Waals surface area contributed by atoms with Crippen molar-refractivity contribution in [1.82, 2.24) is 0 Å². The molecule has 1 heterocycles. The number of hydrogen-bond acceptors (Lipinski definition) is 4. The maximum Gasteiger partial charge on any atom is 0.416 e. The molecule has 0 fully saturated rings. The summed E-state index contributed by atoms with van der Waals surface area (Å²) in [6.45, 7) is 1.58. The van der Waals surface area contributed by atoms with Crippen molar-refractivity contribution in [3.8, 4) is 0 Å². The number of benzene rings is 3. The minimum atomic E-state index is -4.49. The Hall–Kier alpha value is -3.44. The molecule has 0 aliphatic rings. The Bertz CT molecular complexity index is 1500. The Labute approximate surface area is 196 Å².